The molecule has 37 heavy (non-hydrogen) atoms. The number of carbonyl (C=O) groups is 1. The standard InChI is InChI=1S/C26H33ClFN5O4/c1-26(2)15-31(9-10-32(26)11-12-36-3)24-20-23(37-14-16-13-29-7-8-33(16)25(20)35)21(27)22(30-24)19-17(28)5-4-6-18(19)34/h4-6,16,29,34H,7-15H2,1-3H3/t16-/m1/s1. The smallest absolute Gasteiger partial charge is 0.261 e. The van der Waals surface area contributed by atoms with Crippen molar-refractivity contribution in [2.24, 2.45) is 0 Å². The van der Waals surface area contributed by atoms with Gasteiger partial charge < -0.3 is 29.7 Å². The van der Waals surface area contributed by atoms with Crippen LogP contribution in [0.3, 0.4) is 0 Å². The Kier molecular flexibility index (Phi) is 7.19. The molecule has 0 spiro atoms. The van der Waals surface area contributed by atoms with E-state index in [1.807, 2.05) is 9.80 Å². The van der Waals surface area contributed by atoms with E-state index >= 15 is 0 Å². The van der Waals surface area contributed by atoms with Gasteiger partial charge >= 0.3 is 0 Å². The first kappa shape index (κ1) is 26.0. The van der Waals surface area contributed by atoms with Gasteiger partial charge in [-0.05, 0) is 26.0 Å². The van der Waals surface area contributed by atoms with Crippen LogP contribution in [0.1, 0.15) is 24.2 Å². The average molecular weight is 534 g/mol. The zero-order valence-electron chi connectivity index (χ0n) is 21.4. The second-order valence-electron chi connectivity index (χ2n) is 10.3. The van der Waals surface area contributed by atoms with Gasteiger partial charge in [0.15, 0.2) is 5.75 Å². The summed E-state index contributed by atoms with van der Waals surface area (Å²) in [5, 5.41) is 13.9. The summed E-state index contributed by atoms with van der Waals surface area (Å²) < 4.78 is 26.5. The van der Waals surface area contributed by atoms with Gasteiger partial charge in [-0.15, -0.1) is 0 Å². The first-order chi connectivity index (χ1) is 17.7. The van der Waals surface area contributed by atoms with Crippen LogP contribution in [0.25, 0.3) is 11.3 Å². The molecule has 4 heterocycles. The van der Waals surface area contributed by atoms with Crippen LogP contribution in [-0.2, 0) is 4.74 Å². The number of phenols is 1. The number of aromatic hydroxyl groups is 1. The van der Waals surface area contributed by atoms with E-state index in [4.69, 9.17) is 26.1 Å². The van der Waals surface area contributed by atoms with E-state index in [9.17, 15) is 14.3 Å². The summed E-state index contributed by atoms with van der Waals surface area (Å²) in [7, 11) is 1.69. The Balaban J connectivity index is 1.66. The Morgan fingerprint density at radius 2 is 2.11 bits per heavy atom. The third kappa shape index (κ3) is 4.71. The van der Waals surface area contributed by atoms with Crippen LogP contribution in [-0.4, -0.2) is 104 Å². The van der Waals surface area contributed by atoms with Crippen molar-refractivity contribution in [1.82, 2.24) is 20.1 Å². The minimum Gasteiger partial charge on any atom is -0.507 e. The first-order valence-electron chi connectivity index (χ1n) is 12.6. The molecule has 2 saturated heterocycles. The topological polar surface area (TPSA) is 90.4 Å². The SMILES string of the molecule is COCCN1CCN(c2nc(-c3c(O)cccc3F)c(Cl)c3c2C(=O)N2CCNC[C@@H]2CO3)CC1(C)C. The van der Waals surface area contributed by atoms with E-state index in [1.165, 1.54) is 18.2 Å². The molecular weight excluding hydrogens is 501 g/mol. The number of hydrogen-bond donors (Lipinski definition) is 2. The second-order valence-corrected chi connectivity index (χ2v) is 10.7. The number of benzene rings is 1. The average Bonchev–Trinajstić information content (AvgIpc) is 3.01. The molecule has 0 saturated carbocycles. The van der Waals surface area contributed by atoms with Crippen LogP contribution in [0.15, 0.2) is 18.2 Å². The number of pyridine rings is 1. The number of methoxy groups -OCH3 is 1. The quantitative estimate of drug-likeness (QED) is 0.606. The van der Waals surface area contributed by atoms with Gasteiger partial charge in [-0.25, -0.2) is 9.37 Å². The van der Waals surface area contributed by atoms with Crippen molar-refractivity contribution in [3.63, 3.8) is 0 Å². The Hall–Kier alpha value is -2.66. The highest BCUT2D eigenvalue weighted by Gasteiger charge is 2.41. The number of hydrogen-bond acceptors (Lipinski definition) is 8. The van der Waals surface area contributed by atoms with Crippen LogP contribution in [0.2, 0.25) is 5.02 Å². The lowest BCUT2D eigenvalue weighted by molar-refractivity contribution is 0.0602. The van der Waals surface area contributed by atoms with E-state index in [1.54, 1.807) is 7.11 Å². The molecule has 1 amide bonds. The maximum absolute atomic E-state index is 15.0. The summed E-state index contributed by atoms with van der Waals surface area (Å²) in [6.07, 6.45) is 0. The van der Waals surface area contributed by atoms with E-state index in [0.29, 0.717) is 45.1 Å². The largest absolute Gasteiger partial charge is 0.507 e. The Bertz CT molecular complexity index is 1180. The fourth-order valence-electron chi connectivity index (χ4n) is 5.49. The van der Waals surface area contributed by atoms with Crippen molar-refractivity contribution in [3.8, 4) is 22.8 Å². The van der Waals surface area contributed by atoms with Gasteiger partial charge in [-0.2, -0.15) is 0 Å². The van der Waals surface area contributed by atoms with E-state index in [2.05, 4.69) is 24.1 Å². The number of ether oxygens (including phenoxy) is 2. The highest BCUT2D eigenvalue weighted by atomic mass is 35.5. The number of anilines is 1. The zero-order valence-corrected chi connectivity index (χ0v) is 22.1. The molecule has 0 aliphatic carbocycles. The lowest BCUT2D eigenvalue weighted by Gasteiger charge is -2.48. The fraction of sp³-hybridized carbons (Fsp3) is 0.538. The van der Waals surface area contributed by atoms with Gasteiger partial charge in [0.2, 0.25) is 0 Å². The van der Waals surface area contributed by atoms with E-state index in [0.717, 1.165) is 13.1 Å². The van der Waals surface area contributed by atoms with Crippen LogP contribution in [0.4, 0.5) is 10.2 Å². The van der Waals surface area contributed by atoms with Gasteiger partial charge in [-0.1, -0.05) is 17.7 Å². The van der Waals surface area contributed by atoms with Crippen LogP contribution in [0.5, 0.6) is 11.5 Å². The molecule has 2 aromatic rings. The van der Waals surface area contributed by atoms with Crippen LogP contribution >= 0.6 is 11.6 Å². The number of fused-ring (bicyclic) bond motifs is 2. The molecule has 0 bridgehead atoms. The molecule has 5 rings (SSSR count). The predicted molar refractivity (Wildman–Crippen MR) is 139 cm³/mol. The molecule has 1 aromatic carbocycles. The predicted octanol–water partition coefficient (Wildman–Crippen LogP) is 2.60. The minimum absolute atomic E-state index is 0.0123. The molecule has 1 aromatic heterocycles. The molecule has 1 atom stereocenters. The highest BCUT2D eigenvalue weighted by molar-refractivity contribution is 6.35. The Labute approximate surface area is 221 Å². The molecule has 2 N–H and O–H groups in total. The molecule has 0 radical (unpaired) electrons. The van der Waals surface area contributed by atoms with Gasteiger partial charge in [0.05, 0.1) is 18.2 Å². The molecule has 200 valence electrons. The van der Waals surface area contributed by atoms with Gasteiger partial charge in [0.1, 0.15) is 40.3 Å². The second kappa shape index (κ2) is 10.2. The van der Waals surface area contributed by atoms with E-state index < -0.39 is 5.82 Å². The number of rotatable bonds is 5. The number of amides is 1. The number of nitrogens with one attached hydrogen (secondary N) is 1. The Morgan fingerprint density at radius 3 is 2.84 bits per heavy atom. The molecule has 11 heteroatoms. The van der Waals surface area contributed by atoms with Crippen molar-refractivity contribution < 1.29 is 23.8 Å². The number of carbonyl (C=O) groups excluding carboxylic acids is 1. The van der Waals surface area contributed by atoms with Gasteiger partial charge in [0, 0.05) is 58.5 Å². The zero-order chi connectivity index (χ0) is 26.3. The summed E-state index contributed by atoms with van der Waals surface area (Å²) in [5.74, 6) is -0.575. The number of aromatic nitrogens is 1. The first-order valence-corrected chi connectivity index (χ1v) is 13.0. The van der Waals surface area contributed by atoms with Gasteiger partial charge in [0.25, 0.3) is 5.91 Å². The third-order valence-corrected chi connectivity index (χ3v) is 7.84. The molecule has 2 fully saturated rings. The van der Waals surface area contributed by atoms with Crippen LogP contribution < -0.4 is 15.0 Å². The number of halogens is 2. The molecule has 3 aliphatic rings. The lowest BCUT2D eigenvalue weighted by Crippen LogP contribution is -2.60. The molecule has 9 nitrogen and oxygen atoms in total. The molecule has 0 unspecified atom stereocenters. The van der Waals surface area contributed by atoms with Crippen molar-refractivity contribution >= 4 is 23.3 Å². The lowest BCUT2D eigenvalue weighted by atomic mass is 9.97. The number of phenolic OH excluding ortho intramolecular Hbond substituents is 1. The monoisotopic (exact) mass is 533 g/mol. The summed E-state index contributed by atoms with van der Waals surface area (Å²) in [4.78, 5) is 25.0. The number of nitrogens with zero attached hydrogens (tertiary/aromatic N) is 4. The maximum Gasteiger partial charge on any atom is 0.261 e. The molecule has 3 aliphatic heterocycles. The van der Waals surface area contributed by atoms with Crippen molar-refractivity contribution in [2.75, 3.05) is 71.0 Å². The fourth-order valence-corrected chi connectivity index (χ4v) is 5.77. The molecular formula is C26H33ClFN5O4. The summed E-state index contributed by atoms with van der Waals surface area (Å²) in [5.41, 5.74) is -0.0295. The van der Waals surface area contributed by atoms with Crippen molar-refractivity contribution in [3.05, 3.63) is 34.6 Å². The normalized spacial score (nSPS) is 21.8. The van der Waals surface area contributed by atoms with Crippen molar-refractivity contribution in [2.45, 2.75) is 25.4 Å². The summed E-state index contributed by atoms with van der Waals surface area (Å²) in [6, 6.07) is 3.88. The maximum atomic E-state index is 15.0. The minimum atomic E-state index is -0.661. The summed E-state index contributed by atoms with van der Waals surface area (Å²) >= 11 is 6.80. The summed E-state index contributed by atoms with van der Waals surface area (Å²) in [6.45, 7) is 9.62. The van der Waals surface area contributed by atoms with Crippen molar-refractivity contribution in [1.29, 1.82) is 0 Å². The van der Waals surface area contributed by atoms with Gasteiger partial charge in [-0.3, -0.25) is 9.69 Å². The third-order valence-electron chi connectivity index (χ3n) is 7.49. The number of piperazine rings is 2. The van der Waals surface area contributed by atoms with E-state index in [-0.39, 0.29) is 57.4 Å². The Morgan fingerprint density at radius 1 is 1.30 bits per heavy atom. The highest BCUT2D eigenvalue weighted by Crippen LogP contribution is 2.46. The van der Waals surface area contributed by atoms with Crippen LogP contribution in [0, 0.1) is 5.82 Å².